The molecule has 0 radical (unpaired) electrons. The van der Waals surface area contributed by atoms with Crippen LogP contribution in [-0.2, 0) is 11.2 Å². The highest BCUT2D eigenvalue weighted by Crippen LogP contribution is 2.39. The zero-order chi connectivity index (χ0) is 18.7. The maximum Gasteiger partial charge on any atom is 0.320 e. The van der Waals surface area contributed by atoms with Crippen LogP contribution in [0.4, 0.5) is 0 Å². The van der Waals surface area contributed by atoms with Crippen LogP contribution in [0.3, 0.4) is 0 Å². The molecule has 3 rings (SSSR count). The van der Waals surface area contributed by atoms with Crippen molar-refractivity contribution in [1.82, 2.24) is 4.90 Å². The number of rotatable bonds is 5. The van der Waals surface area contributed by atoms with Gasteiger partial charge in [-0.3, -0.25) is 9.69 Å². The Morgan fingerprint density at radius 3 is 2.58 bits per heavy atom. The van der Waals surface area contributed by atoms with Crippen LogP contribution in [0, 0.1) is 0 Å². The maximum absolute atomic E-state index is 11.9. The molecule has 2 atom stereocenters. The Hall–Kier alpha value is -1.55. The lowest BCUT2D eigenvalue weighted by atomic mass is 9.91. The van der Waals surface area contributed by atoms with E-state index in [0.29, 0.717) is 16.5 Å². The molecule has 1 heterocycles. The minimum Gasteiger partial charge on any atom is -0.480 e. The first kappa shape index (κ1) is 19.2. The minimum atomic E-state index is -0.780. The number of carboxylic acids is 1. The van der Waals surface area contributed by atoms with Crippen LogP contribution in [0.1, 0.15) is 48.9 Å². The Labute approximate surface area is 164 Å². The van der Waals surface area contributed by atoms with Crippen molar-refractivity contribution in [2.24, 2.45) is 0 Å². The Balaban J connectivity index is 2.11. The first-order valence-electron chi connectivity index (χ1n) is 9.04. The van der Waals surface area contributed by atoms with Gasteiger partial charge in [-0.05, 0) is 48.6 Å². The van der Waals surface area contributed by atoms with Crippen molar-refractivity contribution < 1.29 is 9.90 Å². The summed E-state index contributed by atoms with van der Waals surface area (Å²) in [6, 6.07) is 13.2. The van der Waals surface area contributed by atoms with E-state index in [0.717, 1.165) is 36.9 Å². The Kier molecular flexibility index (Phi) is 6.23. The highest BCUT2D eigenvalue weighted by atomic mass is 35.5. The topological polar surface area (TPSA) is 40.5 Å². The van der Waals surface area contributed by atoms with Crippen LogP contribution in [0.2, 0.25) is 10.0 Å². The summed E-state index contributed by atoms with van der Waals surface area (Å²) in [4.78, 5) is 13.9. The number of aliphatic carboxylic acids is 1. The number of hydrogen-bond acceptors (Lipinski definition) is 2. The number of piperidine rings is 1. The van der Waals surface area contributed by atoms with E-state index in [2.05, 4.69) is 36.1 Å². The summed E-state index contributed by atoms with van der Waals surface area (Å²) in [6.07, 6.45) is 3.52. The number of hydrogen-bond donors (Lipinski definition) is 1. The molecule has 0 aliphatic carbocycles. The lowest BCUT2D eigenvalue weighted by Gasteiger charge is -2.40. The number of likely N-dealkylation sites (tertiary alicyclic amines) is 1. The summed E-state index contributed by atoms with van der Waals surface area (Å²) >= 11 is 12.8. The number of carbonyl (C=O) groups is 1. The van der Waals surface area contributed by atoms with E-state index in [-0.39, 0.29) is 6.04 Å². The van der Waals surface area contributed by atoms with Crippen molar-refractivity contribution in [2.45, 2.75) is 44.7 Å². The first-order valence-corrected chi connectivity index (χ1v) is 9.79. The van der Waals surface area contributed by atoms with E-state index in [1.165, 1.54) is 5.56 Å². The molecule has 2 aromatic carbocycles. The van der Waals surface area contributed by atoms with E-state index < -0.39 is 12.0 Å². The SMILES string of the molecule is CCc1ccc(C(c2cccc(Cl)c2Cl)N2CCCCC2C(=O)O)cc1. The fourth-order valence-electron chi connectivity index (χ4n) is 3.75. The quantitative estimate of drug-likeness (QED) is 0.722. The summed E-state index contributed by atoms with van der Waals surface area (Å²) in [5.74, 6) is -0.780. The molecule has 1 aliphatic rings. The Morgan fingerprint density at radius 1 is 1.19 bits per heavy atom. The maximum atomic E-state index is 11.9. The molecule has 1 saturated heterocycles. The van der Waals surface area contributed by atoms with Gasteiger partial charge in [-0.25, -0.2) is 0 Å². The van der Waals surface area contributed by atoms with Gasteiger partial charge in [0, 0.05) is 0 Å². The number of benzene rings is 2. The highest BCUT2D eigenvalue weighted by molar-refractivity contribution is 6.42. The summed E-state index contributed by atoms with van der Waals surface area (Å²) < 4.78 is 0. The van der Waals surface area contributed by atoms with Crippen molar-refractivity contribution >= 4 is 29.2 Å². The molecule has 0 amide bonds. The minimum absolute atomic E-state index is 0.228. The molecule has 2 unspecified atom stereocenters. The molecule has 0 spiro atoms. The molecule has 5 heteroatoms. The molecule has 138 valence electrons. The number of aryl methyl sites for hydroxylation is 1. The summed E-state index contributed by atoms with van der Waals surface area (Å²) in [7, 11) is 0. The lowest BCUT2D eigenvalue weighted by molar-refractivity contribution is -0.145. The standard InChI is InChI=1S/C21H23Cl2NO2/c1-2-14-9-11-15(12-10-14)20(16-6-5-7-17(22)19(16)23)24-13-4-3-8-18(24)21(25)26/h5-7,9-12,18,20H,2-4,8,13H2,1H3,(H,25,26). The van der Waals surface area contributed by atoms with Crippen LogP contribution in [0.15, 0.2) is 42.5 Å². The first-order chi connectivity index (χ1) is 12.5. The fourth-order valence-corrected chi connectivity index (χ4v) is 4.16. The Bertz CT molecular complexity index is 776. The zero-order valence-electron chi connectivity index (χ0n) is 14.8. The molecule has 1 fully saturated rings. The second-order valence-corrected chi connectivity index (χ2v) is 7.51. The molecule has 0 bridgehead atoms. The molecule has 26 heavy (non-hydrogen) atoms. The predicted octanol–water partition coefficient (Wildman–Crippen LogP) is 5.58. The van der Waals surface area contributed by atoms with Gasteiger partial charge in [0.05, 0.1) is 16.1 Å². The van der Waals surface area contributed by atoms with Crippen molar-refractivity contribution in [1.29, 1.82) is 0 Å². The van der Waals surface area contributed by atoms with Gasteiger partial charge in [0.2, 0.25) is 0 Å². The summed E-state index contributed by atoms with van der Waals surface area (Å²) in [5, 5.41) is 10.7. The average Bonchev–Trinajstić information content (AvgIpc) is 2.66. The zero-order valence-corrected chi connectivity index (χ0v) is 16.3. The smallest absolute Gasteiger partial charge is 0.320 e. The lowest BCUT2D eigenvalue weighted by Crippen LogP contribution is -2.46. The molecule has 0 aromatic heterocycles. The van der Waals surface area contributed by atoms with Gasteiger partial charge in [-0.15, -0.1) is 0 Å². The monoisotopic (exact) mass is 391 g/mol. The second-order valence-electron chi connectivity index (χ2n) is 6.73. The summed E-state index contributed by atoms with van der Waals surface area (Å²) in [6.45, 7) is 2.84. The molecular formula is C21H23Cl2NO2. The van der Waals surface area contributed by atoms with Gasteiger partial charge in [-0.2, -0.15) is 0 Å². The normalized spacial score (nSPS) is 19.3. The van der Waals surface area contributed by atoms with Gasteiger partial charge < -0.3 is 5.11 Å². The van der Waals surface area contributed by atoms with Gasteiger partial charge in [-0.1, -0.05) is 72.9 Å². The van der Waals surface area contributed by atoms with Crippen molar-refractivity contribution in [3.63, 3.8) is 0 Å². The van der Waals surface area contributed by atoms with Gasteiger partial charge >= 0.3 is 5.97 Å². The van der Waals surface area contributed by atoms with E-state index in [4.69, 9.17) is 23.2 Å². The summed E-state index contributed by atoms with van der Waals surface area (Å²) in [5.41, 5.74) is 3.15. The van der Waals surface area contributed by atoms with Crippen LogP contribution in [-0.4, -0.2) is 28.6 Å². The third-order valence-electron chi connectivity index (χ3n) is 5.14. The van der Waals surface area contributed by atoms with Crippen molar-refractivity contribution in [3.8, 4) is 0 Å². The molecule has 3 nitrogen and oxygen atoms in total. The van der Waals surface area contributed by atoms with Gasteiger partial charge in [0.25, 0.3) is 0 Å². The molecule has 1 N–H and O–H groups in total. The van der Waals surface area contributed by atoms with E-state index >= 15 is 0 Å². The van der Waals surface area contributed by atoms with Crippen LogP contribution in [0.25, 0.3) is 0 Å². The van der Waals surface area contributed by atoms with E-state index in [9.17, 15) is 9.90 Å². The molecule has 0 saturated carbocycles. The van der Waals surface area contributed by atoms with Crippen LogP contribution in [0.5, 0.6) is 0 Å². The molecule has 1 aliphatic heterocycles. The third kappa shape index (κ3) is 3.90. The van der Waals surface area contributed by atoms with Gasteiger partial charge in [0.1, 0.15) is 6.04 Å². The second kappa shape index (κ2) is 8.43. The van der Waals surface area contributed by atoms with Crippen molar-refractivity contribution in [2.75, 3.05) is 6.54 Å². The largest absolute Gasteiger partial charge is 0.480 e. The number of halogens is 2. The van der Waals surface area contributed by atoms with Gasteiger partial charge in [0.15, 0.2) is 0 Å². The highest BCUT2D eigenvalue weighted by Gasteiger charge is 2.36. The Morgan fingerprint density at radius 2 is 1.92 bits per heavy atom. The number of nitrogens with zero attached hydrogens (tertiary/aromatic N) is 1. The van der Waals surface area contributed by atoms with Crippen molar-refractivity contribution in [3.05, 3.63) is 69.2 Å². The number of carboxylic acid groups (broad SMARTS) is 1. The predicted molar refractivity (Wildman–Crippen MR) is 106 cm³/mol. The molecular weight excluding hydrogens is 369 g/mol. The molecule has 2 aromatic rings. The fraction of sp³-hybridized carbons (Fsp3) is 0.381. The average molecular weight is 392 g/mol. The third-order valence-corrected chi connectivity index (χ3v) is 5.97. The van der Waals surface area contributed by atoms with E-state index in [1.807, 2.05) is 12.1 Å². The van der Waals surface area contributed by atoms with Crippen LogP contribution >= 0.6 is 23.2 Å². The van der Waals surface area contributed by atoms with Crippen LogP contribution < -0.4 is 0 Å². The van der Waals surface area contributed by atoms with E-state index in [1.54, 1.807) is 6.07 Å².